The zero-order chi connectivity index (χ0) is 24.4. The number of nitrogens with one attached hydrogen (secondary N) is 1. The van der Waals surface area contributed by atoms with E-state index in [0.717, 1.165) is 74.8 Å². The molecule has 0 atom stereocenters. The number of hydrogen-bond acceptors (Lipinski definition) is 5. The molecular weight excluding hydrogens is 452 g/mol. The number of carbonyl (C=O) groups is 1. The molecule has 1 spiro atoms. The number of piperidine rings is 1. The number of fused-ring (bicyclic) bond motifs is 1. The highest BCUT2D eigenvalue weighted by Crippen LogP contribution is 2.41. The first kappa shape index (κ1) is 23.8. The lowest BCUT2D eigenvalue weighted by Crippen LogP contribution is -2.53. The zero-order valence-corrected chi connectivity index (χ0v) is 21.2. The summed E-state index contributed by atoms with van der Waals surface area (Å²) in [6, 6.07) is 15.0. The molecule has 3 aliphatic heterocycles. The van der Waals surface area contributed by atoms with Crippen LogP contribution in [0.15, 0.2) is 42.5 Å². The summed E-state index contributed by atoms with van der Waals surface area (Å²) in [7, 11) is 0. The molecule has 3 fully saturated rings. The van der Waals surface area contributed by atoms with Gasteiger partial charge in [-0.15, -0.1) is 0 Å². The van der Waals surface area contributed by atoms with Crippen molar-refractivity contribution in [2.24, 2.45) is 0 Å². The number of ether oxygens (including phenoxy) is 3. The summed E-state index contributed by atoms with van der Waals surface area (Å²) in [4.78, 5) is 15.2. The van der Waals surface area contributed by atoms with Crippen LogP contribution in [0.2, 0.25) is 0 Å². The van der Waals surface area contributed by atoms with Crippen molar-refractivity contribution in [3.8, 4) is 11.5 Å². The van der Waals surface area contributed by atoms with E-state index in [1.165, 1.54) is 37.9 Å². The summed E-state index contributed by atoms with van der Waals surface area (Å²) >= 11 is 0. The Labute approximate surface area is 214 Å². The van der Waals surface area contributed by atoms with Crippen molar-refractivity contribution in [2.75, 3.05) is 26.3 Å². The van der Waals surface area contributed by atoms with Crippen LogP contribution < -0.4 is 14.8 Å². The molecule has 1 saturated carbocycles. The second kappa shape index (κ2) is 10.4. The molecule has 2 aromatic carbocycles. The summed E-state index contributed by atoms with van der Waals surface area (Å²) in [5.41, 5.74) is 3.00. The third-order valence-electron chi connectivity index (χ3n) is 8.69. The molecule has 0 radical (unpaired) electrons. The third kappa shape index (κ3) is 5.25. The van der Waals surface area contributed by atoms with E-state index in [9.17, 15) is 4.79 Å². The minimum Gasteiger partial charge on any atom is -0.489 e. The lowest BCUT2D eigenvalue weighted by molar-refractivity contribution is -0.0337. The molecule has 6 nitrogen and oxygen atoms in total. The van der Waals surface area contributed by atoms with E-state index in [1.54, 1.807) is 0 Å². The molecule has 2 aromatic rings. The highest BCUT2D eigenvalue weighted by Gasteiger charge is 2.41. The molecule has 1 N–H and O–H groups in total. The van der Waals surface area contributed by atoms with E-state index in [-0.39, 0.29) is 17.6 Å². The van der Waals surface area contributed by atoms with Gasteiger partial charge in [0.1, 0.15) is 23.7 Å². The molecule has 3 heterocycles. The Balaban J connectivity index is 1.00. The summed E-state index contributed by atoms with van der Waals surface area (Å²) in [5.74, 6) is 1.88. The summed E-state index contributed by atoms with van der Waals surface area (Å²) in [6.07, 6.45) is 10.4. The maximum absolute atomic E-state index is 12.5. The number of benzene rings is 2. The molecule has 0 bridgehead atoms. The van der Waals surface area contributed by atoms with E-state index in [0.29, 0.717) is 12.2 Å². The van der Waals surface area contributed by atoms with Crippen molar-refractivity contribution in [3.63, 3.8) is 0 Å². The fourth-order valence-corrected chi connectivity index (χ4v) is 6.02. The van der Waals surface area contributed by atoms with Crippen molar-refractivity contribution in [1.29, 1.82) is 0 Å². The largest absolute Gasteiger partial charge is 0.489 e. The number of carbonyl (C=O) groups excluding carboxylic acids is 1. The predicted octanol–water partition coefficient (Wildman–Crippen LogP) is 4.89. The first-order valence-corrected chi connectivity index (χ1v) is 13.8. The molecule has 36 heavy (non-hydrogen) atoms. The summed E-state index contributed by atoms with van der Waals surface area (Å²) in [6.45, 7) is 4.27. The third-order valence-corrected chi connectivity index (χ3v) is 8.69. The fraction of sp³-hybridized carbons (Fsp3) is 0.567. The Morgan fingerprint density at radius 1 is 1.00 bits per heavy atom. The van der Waals surface area contributed by atoms with Gasteiger partial charge in [0.05, 0.1) is 0 Å². The van der Waals surface area contributed by atoms with E-state index in [2.05, 4.69) is 22.3 Å². The number of aryl methyl sites for hydroxylation is 1. The predicted molar refractivity (Wildman–Crippen MR) is 139 cm³/mol. The summed E-state index contributed by atoms with van der Waals surface area (Å²) < 4.78 is 18.1. The van der Waals surface area contributed by atoms with Gasteiger partial charge in [0, 0.05) is 44.0 Å². The van der Waals surface area contributed by atoms with Crippen LogP contribution in [0.1, 0.15) is 72.9 Å². The lowest BCUT2D eigenvalue weighted by Gasteiger charge is -2.48. The normalized spacial score (nSPS) is 22.3. The smallest absolute Gasteiger partial charge is 0.251 e. The maximum atomic E-state index is 12.5. The van der Waals surface area contributed by atoms with Crippen molar-refractivity contribution >= 4 is 5.91 Å². The SMILES string of the molecule is O=C(NC1CCOCC1)c1ccc(COc2ccc3c(c2)CCC2(CCN(C4CCC4)CC2)O3)cc1. The van der Waals surface area contributed by atoms with Gasteiger partial charge in [-0.1, -0.05) is 18.6 Å². The Bertz CT molecular complexity index is 1050. The lowest BCUT2D eigenvalue weighted by atomic mass is 9.81. The number of rotatable bonds is 6. The average molecular weight is 491 g/mol. The maximum Gasteiger partial charge on any atom is 0.251 e. The number of amides is 1. The fourth-order valence-electron chi connectivity index (χ4n) is 6.02. The molecule has 6 heteroatoms. The van der Waals surface area contributed by atoms with Crippen molar-refractivity contribution < 1.29 is 19.0 Å². The van der Waals surface area contributed by atoms with Crippen LogP contribution >= 0.6 is 0 Å². The molecular formula is C30H38N2O4. The molecule has 4 aliphatic rings. The Morgan fingerprint density at radius 3 is 2.50 bits per heavy atom. The number of hydrogen-bond donors (Lipinski definition) is 1. The summed E-state index contributed by atoms with van der Waals surface area (Å²) in [5, 5.41) is 3.11. The monoisotopic (exact) mass is 490 g/mol. The Kier molecular flexibility index (Phi) is 6.89. The van der Waals surface area contributed by atoms with Crippen LogP contribution in [0.5, 0.6) is 11.5 Å². The quantitative estimate of drug-likeness (QED) is 0.625. The van der Waals surface area contributed by atoms with Gasteiger partial charge in [-0.25, -0.2) is 0 Å². The van der Waals surface area contributed by atoms with E-state index < -0.39 is 0 Å². The van der Waals surface area contributed by atoms with Gasteiger partial charge in [0.25, 0.3) is 5.91 Å². The molecule has 6 rings (SSSR count). The van der Waals surface area contributed by atoms with Crippen LogP contribution in [-0.4, -0.2) is 54.8 Å². The second-order valence-corrected chi connectivity index (χ2v) is 11.0. The molecule has 1 amide bonds. The molecule has 1 aliphatic carbocycles. The number of nitrogens with zero attached hydrogens (tertiary/aromatic N) is 1. The molecule has 0 aromatic heterocycles. The first-order valence-electron chi connectivity index (χ1n) is 13.8. The van der Waals surface area contributed by atoms with Gasteiger partial charge in [-0.05, 0) is 92.8 Å². The van der Waals surface area contributed by atoms with Crippen molar-refractivity contribution in [3.05, 3.63) is 59.2 Å². The van der Waals surface area contributed by atoms with Crippen molar-refractivity contribution in [1.82, 2.24) is 10.2 Å². The van der Waals surface area contributed by atoms with Gasteiger partial charge in [0.15, 0.2) is 0 Å². The number of likely N-dealkylation sites (tertiary alicyclic amines) is 1. The first-order chi connectivity index (χ1) is 17.7. The molecule has 2 saturated heterocycles. The molecule has 192 valence electrons. The van der Waals surface area contributed by atoms with Crippen LogP contribution in [0.4, 0.5) is 0 Å². The average Bonchev–Trinajstić information content (AvgIpc) is 2.89. The van der Waals surface area contributed by atoms with Gasteiger partial charge in [-0.3, -0.25) is 4.79 Å². The van der Waals surface area contributed by atoms with Gasteiger partial charge in [0.2, 0.25) is 0 Å². The Hall–Kier alpha value is -2.57. The minimum atomic E-state index is -0.0180. The highest BCUT2D eigenvalue weighted by atomic mass is 16.5. The van der Waals surface area contributed by atoms with Gasteiger partial charge >= 0.3 is 0 Å². The van der Waals surface area contributed by atoms with Crippen LogP contribution in [0.25, 0.3) is 0 Å². The highest BCUT2D eigenvalue weighted by molar-refractivity contribution is 5.94. The minimum absolute atomic E-state index is 0.0180. The standard InChI is InChI=1S/C30H38N2O4/c33-29(31-25-11-18-34-19-12-25)23-6-4-22(5-7-23)21-35-27-8-9-28-24(20-27)10-13-30(36-28)14-16-32(17-15-30)26-2-1-3-26/h4-9,20,25-26H,1-3,10-19,21H2,(H,31,33). The van der Waals surface area contributed by atoms with Gasteiger partial charge < -0.3 is 24.4 Å². The van der Waals surface area contributed by atoms with Crippen LogP contribution in [0, 0.1) is 0 Å². The van der Waals surface area contributed by atoms with E-state index in [4.69, 9.17) is 14.2 Å². The van der Waals surface area contributed by atoms with Gasteiger partial charge in [-0.2, -0.15) is 0 Å². The van der Waals surface area contributed by atoms with E-state index in [1.807, 2.05) is 30.3 Å². The second-order valence-electron chi connectivity index (χ2n) is 11.0. The topological polar surface area (TPSA) is 60.0 Å². The van der Waals surface area contributed by atoms with Crippen LogP contribution in [-0.2, 0) is 17.8 Å². The molecule has 0 unspecified atom stereocenters. The van der Waals surface area contributed by atoms with Crippen LogP contribution in [0.3, 0.4) is 0 Å². The zero-order valence-electron chi connectivity index (χ0n) is 21.2. The van der Waals surface area contributed by atoms with Crippen molar-refractivity contribution in [2.45, 2.75) is 82.1 Å². The Morgan fingerprint density at radius 2 is 1.78 bits per heavy atom. The van der Waals surface area contributed by atoms with E-state index >= 15 is 0 Å².